The van der Waals surface area contributed by atoms with Crippen LogP contribution in [0.2, 0.25) is 0 Å². The number of carboxylic acid groups (broad SMARTS) is 1. The molecule has 0 radical (unpaired) electrons. The van der Waals surface area contributed by atoms with Gasteiger partial charge < -0.3 is 5.11 Å². The fraction of sp³-hybridized carbons (Fsp3) is 0.714. The van der Waals surface area contributed by atoms with Crippen molar-refractivity contribution in [3.05, 3.63) is 12.7 Å². The van der Waals surface area contributed by atoms with Crippen LogP contribution in [0.25, 0.3) is 0 Å². The molecule has 0 bridgehead atoms. The van der Waals surface area contributed by atoms with E-state index in [1.165, 1.54) is 6.08 Å². The summed E-state index contributed by atoms with van der Waals surface area (Å²) in [4.78, 5) is 23.3. The maximum Gasteiger partial charge on any atom is 0.320 e. The third kappa shape index (κ3) is 11.3. The van der Waals surface area contributed by atoms with Crippen LogP contribution in [0.1, 0.15) is 20.3 Å². The van der Waals surface area contributed by atoms with Crippen molar-refractivity contribution in [1.29, 1.82) is 0 Å². The molecule has 0 saturated heterocycles. The molecule has 0 aromatic heterocycles. The second-order valence-corrected chi connectivity index (χ2v) is 10.9. The van der Waals surface area contributed by atoms with E-state index in [0.717, 1.165) is 0 Å². The van der Waals surface area contributed by atoms with Crippen LogP contribution in [-0.4, -0.2) is 77.7 Å². The minimum absolute atomic E-state index is 0.000313. The lowest BCUT2D eigenvalue weighted by Crippen LogP contribution is -2.32. The van der Waals surface area contributed by atoms with Crippen LogP contribution < -0.4 is 0 Å². The summed E-state index contributed by atoms with van der Waals surface area (Å²) >= 11 is 0. The van der Waals surface area contributed by atoms with Gasteiger partial charge in [0.05, 0.1) is 5.75 Å². The normalized spacial score (nSPS) is 16.5. The highest BCUT2D eigenvalue weighted by atomic mass is 32.3. The summed E-state index contributed by atoms with van der Waals surface area (Å²) in [6.45, 7) is 6.98. The zero-order chi connectivity index (χ0) is 18.8. The monoisotopic (exact) mass is 371 g/mol. The highest BCUT2D eigenvalue weighted by molar-refractivity contribution is 8.45. The van der Waals surface area contributed by atoms with Crippen molar-refractivity contribution in [2.24, 2.45) is 0 Å². The number of carbonyl (C=O) groups excluding carboxylic acids is 1. The molecule has 0 aromatic carbocycles. The van der Waals surface area contributed by atoms with E-state index < -0.39 is 26.1 Å². The maximum absolute atomic E-state index is 11.5. The first kappa shape index (κ1) is 24.4. The van der Waals surface area contributed by atoms with Crippen LogP contribution >= 0.6 is 10.0 Å². The summed E-state index contributed by atoms with van der Waals surface area (Å²) in [5, 5.41) is 8.31. The van der Waals surface area contributed by atoms with E-state index in [9.17, 15) is 18.0 Å². The molecule has 0 aliphatic heterocycles. The summed E-state index contributed by atoms with van der Waals surface area (Å²) in [6.07, 6.45) is 3.48. The van der Waals surface area contributed by atoms with Crippen LogP contribution in [0.4, 0.5) is 0 Å². The summed E-state index contributed by atoms with van der Waals surface area (Å²) in [7, 11) is -1.90. The van der Waals surface area contributed by atoms with Gasteiger partial charge in [-0.15, -0.1) is 0 Å². The number of carbonyl (C=O) groups is 2. The average Bonchev–Trinajstić information content (AvgIpc) is 2.44. The maximum atomic E-state index is 11.5. The molecule has 138 valence electrons. The van der Waals surface area contributed by atoms with Crippen LogP contribution in [0, 0.1) is 0 Å². The molecule has 0 aliphatic rings. The van der Waals surface area contributed by atoms with Crippen molar-refractivity contribution < 1.29 is 27.7 Å². The second kappa shape index (κ2) is 10.8. The smallest absolute Gasteiger partial charge is 0.320 e. The number of likely N-dealkylation sites (N-methyl/N-ethyl adjacent to an activating group) is 1. The van der Waals surface area contributed by atoms with E-state index in [1.807, 2.05) is 13.2 Å². The lowest BCUT2D eigenvalue weighted by atomic mass is 10.3. The molecule has 0 aliphatic carbocycles. The second-order valence-electron chi connectivity index (χ2n) is 5.41. The molecule has 2 atom stereocenters. The van der Waals surface area contributed by atoms with Gasteiger partial charge in [-0.3, -0.25) is 19.0 Å². The standard InChI is InChI=1S/C9H18O4S2.C5H11NO2/c1-4-9(10)14(3,5-2)7-6-8-15(11,12)13;1-4(5(7)8)6(2)3/h4H,1,5-8H2,2-3H3,(H,11,12,13);4H,1-3H3,(H,7,8). The van der Waals surface area contributed by atoms with Crippen molar-refractivity contribution >= 4 is 31.2 Å². The third-order valence-corrected chi connectivity index (χ3v) is 7.83. The lowest BCUT2D eigenvalue weighted by molar-refractivity contribution is -0.141. The molecular formula is C14H29NO6S2. The number of hydrogen-bond acceptors (Lipinski definition) is 5. The molecular weight excluding hydrogens is 342 g/mol. The van der Waals surface area contributed by atoms with Crippen LogP contribution in [0.3, 0.4) is 0 Å². The van der Waals surface area contributed by atoms with Gasteiger partial charge in [-0.25, -0.2) is 0 Å². The lowest BCUT2D eigenvalue weighted by Gasteiger charge is -2.31. The fourth-order valence-corrected chi connectivity index (χ4v) is 4.02. The Morgan fingerprint density at radius 2 is 1.74 bits per heavy atom. The van der Waals surface area contributed by atoms with Crippen LogP contribution in [-0.2, 0) is 19.7 Å². The Balaban J connectivity index is 0. The molecule has 2 N–H and O–H groups in total. The molecule has 7 nitrogen and oxygen atoms in total. The van der Waals surface area contributed by atoms with Gasteiger partial charge in [-0.2, -0.15) is 18.4 Å². The third-order valence-electron chi connectivity index (χ3n) is 3.42. The van der Waals surface area contributed by atoms with Crippen LogP contribution in [0.5, 0.6) is 0 Å². The van der Waals surface area contributed by atoms with E-state index in [1.54, 1.807) is 25.9 Å². The largest absolute Gasteiger partial charge is 0.480 e. The van der Waals surface area contributed by atoms with Gasteiger partial charge in [-0.1, -0.05) is 13.5 Å². The first-order chi connectivity index (χ1) is 10.3. The molecule has 0 spiro atoms. The van der Waals surface area contributed by atoms with E-state index in [4.69, 9.17) is 9.66 Å². The van der Waals surface area contributed by atoms with Crippen molar-refractivity contribution in [2.75, 3.05) is 37.6 Å². The summed E-state index contributed by atoms with van der Waals surface area (Å²) in [5.41, 5.74) is 0. The minimum atomic E-state index is -3.91. The molecule has 23 heavy (non-hydrogen) atoms. The number of hydrogen-bond donors (Lipinski definition) is 2. The zero-order valence-corrected chi connectivity index (χ0v) is 16.1. The highest BCUT2D eigenvalue weighted by Crippen LogP contribution is 2.45. The first-order valence-electron chi connectivity index (χ1n) is 7.05. The SMILES string of the molecule is C=CC(=O)S(C)(CC)CCCS(=O)(=O)O.CC(C(=O)O)N(C)C. The Morgan fingerprint density at radius 3 is 1.96 bits per heavy atom. The van der Waals surface area contributed by atoms with Crippen LogP contribution in [0.15, 0.2) is 12.7 Å². The van der Waals surface area contributed by atoms with E-state index >= 15 is 0 Å². The molecule has 0 rings (SSSR count). The van der Waals surface area contributed by atoms with Gasteiger partial charge in [0.15, 0.2) is 5.12 Å². The van der Waals surface area contributed by atoms with Crippen molar-refractivity contribution in [3.8, 4) is 0 Å². The molecule has 0 fully saturated rings. The van der Waals surface area contributed by atoms with Crippen molar-refractivity contribution in [2.45, 2.75) is 26.3 Å². The number of nitrogens with zero attached hydrogens (tertiary/aromatic N) is 1. The van der Waals surface area contributed by atoms with Gasteiger partial charge in [0.25, 0.3) is 10.1 Å². The van der Waals surface area contributed by atoms with E-state index in [0.29, 0.717) is 17.9 Å². The predicted molar refractivity (Wildman–Crippen MR) is 95.9 cm³/mol. The van der Waals surface area contributed by atoms with E-state index in [-0.39, 0.29) is 16.9 Å². The molecule has 0 aromatic rings. The zero-order valence-electron chi connectivity index (χ0n) is 14.5. The topological polar surface area (TPSA) is 112 Å². The molecule has 0 heterocycles. The summed E-state index contributed by atoms with van der Waals surface area (Å²) < 4.78 is 29.6. The Morgan fingerprint density at radius 1 is 1.26 bits per heavy atom. The van der Waals surface area contributed by atoms with Crippen molar-refractivity contribution in [3.63, 3.8) is 0 Å². The molecule has 2 unspecified atom stereocenters. The number of rotatable bonds is 8. The Bertz CT molecular complexity index is 503. The van der Waals surface area contributed by atoms with Gasteiger partial charge in [0, 0.05) is 0 Å². The number of aliphatic carboxylic acids is 1. The first-order valence-corrected chi connectivity index (χ1v) is 11.0. The molecule has 0 saturated carbocycles. The predicted octanol–water partition coefficient (Wildman–Crippen LogP) is 1.45. The molecule has 0 amide bonds. The highest BCUT2D eigenvalue weighted by Gasteiger charge is 2.23. The summed E-state index contributed by atoms with van der Waals surface area (Å²) in [6, 6.07) is -0.380. The molecule has 9 heteroatoms. The fourth-order valence-electron chi connectivity index (χ4n) is 1.37. The Hall–Kier alpha value is -0.900. The van der Waals surface area contributed by atoms with Crippen molar-refractivity contribution in [1.82, 2.24) is 4.90 Å². The van der Waals surface area contributed by atoms with E-state index in [2.05, 4.69) is 6.58 Å². The quantitative estimate of drug-likeness (QED) is 0.490. The van der Waals surface area contributed by atoms with Gasteiger partial charge in [-0.05, 0) is 51.3 Å². The van der Waals surface area contributed by atoms with Gasteiger partial charge in [0.1, 0.15) is 6.04 Å². The van der Waals surface area contributed by atoms with Gasteiger partial charge in [0.2, 0.25) is 0 Å². The number of carboxylic acids is 1. The van der Waals surface area contributed by atoms with Gasteiger partial charge >= 0.3 is 5.97 Å². The minimum Gasteiger partial charge on any atom is -0.480 e. The average molecular weight is 372 g/mol. The Kier molecular flexibility index (Phi) is 11.4. The summed E-state index contributed by atoms with van der Waals surface area (Å²) in [5.74, 6) is 0.173. The Labute approximate surface area is 140 Å².